The van der Waals surface area contributed by atoms with Crippen molar-refractivity contribution >= 4 is 11.6 Å². The van der Waals surface area contributed by atoms with E-state index in [0.29, 0.717) is 6.04 Å². The summed E-state index contributed by atoms with van der Waals surface area (Å²) in [6.07, 6.45) is 4.53. The van der Waals surface area contributed by atoms with E-state index in [1.54, 1.807) is 0 Å². The minimum atomic E-state index is 0.580. The van der Waals surface area contributed by atoms with Crippen LogP contribution in [0.3, 0.4) is 0 Å². The van der Waals surface area contributed by atoms with Crippen molar-refractivity contribution in [3.8, 4) is 0 Å². The van der Waals surface area contributed by atoms with Crippen molar-refractivity contribution in [2.24, 2.45) is 7.05 Å². The molecule has 0 saturated carbocycles. The number of nitrogens with zero attached hydrogens (tertiary/aromatic N) is 2. The Bertz CT molecular complexity index is 333. The summed E-state index contributed by atoms with van der Waals surface area (Å²) in [6, 6.07) is 0.580. The van der Waals surface area contributed by atoms with Gasteiger partial charge < -0.3 is 5.32 Å². The quantitative estimate of drug-likeness (QED) is 0.833. The number of aryl methyl sites for hydroxylation is 2. The Hall–Kier alpha value is -0.540. The van der Waals surface area contributed by atoms with E-state index >= 15 is 0 Å². The van der Waals surface area contributed by atoms with E-state index < -0.39 is 0 Å². The van der Waals surface area contributed by atoms with Crippen LogP contribution in [-0.2, 0) is 13.5 Å². The maximum absolute atomic E-state index is 6.21. The summed E-state index contributed by atoms with van der Waals surface area (Å²) in [5.41, 5.74) is 2.08. The van der Waals surface area contributed by atoms with Gasteiger partial charge in [0.15, 0.2) is 0 Å². The standard InChI is InChI=1S/C12H22ClN3/c1-5-6-10(14-3)7-8-11-12(13)9(2)15-16(11)4/h10,14H,5-8H2,1-4H3. The zero-order chi connectivity index (χ0) is 12.1. The fourth-order valence-electron chi connectivity index (χ4n) is 2.04. The minimum Gasteiger partial charge on any atom is -0.317 e. The van der Waals surface area contributed by atoms with Gasteiger partial charge in [0.1, 0.15) is 0 Å². The Morgan fingerprint density at radius 1 is 1.44 bits per heavy atom. The van der Waals surface area contributed by atoms with E-state index in [2.05, 4.69) is 17.3 Å². The van der Waals surface area contributed by atoms with Crippen LogP contribution in [0.25, 0.3) is 0 Å². The van der Waals surface area contributed by atoms with Gasteiger partial charge in [-0.3, -0.25) is 4.68 Å². The molecule has 0 radical (unpaired) electrons. The van der Waals surface area contributed by atoms with Gasteiger partial charge in [-0.1, -0.05) is 24.9 Å². The molecule has 0 aliphatic rings. The summed E-state index contributed by atoms with van der Waals surface area (Å²) in [6.45, 7) is 4.17. The van der Waals surface area contributed by atoms with Crippen molar-refractivity contribution in [3.05, 3.63) is 16.4 Å². The van der Waals surface area contributed by atoms with E-state index in [9.17, 15) is 0 Å². The van der Waals surface area contributed by atoms with Gasteiger partial charge in [0, 0.05) is 13.1 Å². The lowest BCUT2D eigenvalue weighted by atomic mass is 10.1. The fourth-order valence-corrected chi connectivity index (χ4v) is 2.30. The zero-order valence-electron chi connectivity index (χ0n) is 10.7. The predicted octanol–water partition coefficient (Wildman–Crippen LogP) is 2.70. The second-order valence-corrected chi connectivity index (χ2v) is 4.66. The van der Waals surface area contributed by atoms with Crippen LogP contribution >= 0.6 is 11.6 Å². The Morgan fingerprint density at radius 3 is 2.56 bits per heavy atom. The lowest BCUT2D eigenvalue weighted by Crippen LogP contribution is -2.25. The molecule has 0 aliphatic heterocycles. The summed E-state index contributed by atoms with van der Waals surface area (Å²) >= 11 is 6.21. The molecular formula is C12H22ClN3. The number of hydrogen-bond donors (Lipinski definition) is 1. The summed E-state index contributed by atoms with van der Waals surface area (Å²) < 4.78 is 1.90. The van der Waals surface area contributed by atoms with Crippen LogP contribution in [0.5, 0.6) is 0 Å². The van der Waals surface area contributed by atoms with Gasteiger partial charge in [0.2, 0.25) is 0 Å². The molecule has 1 N–H and O–H groups in total. The molecule has 1 atom stereocenters. The van der Waals surface area contributed by atoms with E-state index in [1.807, 2.05) is 25.7 Å². The highest BCUT2D eigenvalue weighted by Crippen LogP contribution is 2.21. The number of halogens is 1. The molecule has 16 heavy (non-hydrogen) atoms. The molecule has 92 valence electrons. The fraction of sp³-hybridized carbons (Fsp3) is 0.750. The molecule has 1 aromatic heterocycles. The Morgan fingerprint density at radius 2 is 2.12 bits per heavy atom. The molecule has 0 spiro atoms. The Kier molecular flexibility index (Phi) is 5.29. The summed E-state index contributed by atoms with van der Waals surface area (Å²) in [7, 11) is 3.98. The molecule has 3 nitrogen and oxygen atoms in total. The smallest absolute Gasteiger partial charge is 0.0846 e. The summed E-state index contributed by atoms with van der Waals surface area (Å²) in [5.74, 6) is 0. The maximum Gasteiger partial charge on any atom is 0.0846 e. The normalized spacial score (nSPS) is 13.1. The number of rotatable bonds is 6. The molecule has 0 amide bonds. The molecule has 1 unspecified atom stereocenters. The first-order valence-electron chi connectivity index (χ1n) is 5.95. The van der Waals surface area contributed by atoms with Gasteiger partial charge in [-0.05, 0) is 33.2 Å². The van der Waals surface area contributed by atoms with E-state index in [4.69, 9.17) is 11.6 Å². The molecule has 0 bridgehead atoms. The first-order chi connectivity index (χ1) is 7.60. The average Bonchev–Trinajstić information content (AvgIpc) is 2.49. The lowest BCUT2D eigenvalue weighted by Gasteiger charge is -2.15. The first-order valence-corrected chi connectivity index (χ1v) is 6.33. The zero-order valence-corrected chi connectivity index (χ0v) is 11.4. The molecule has 0 saturated heterocycles. The summed E-state index contributed by atoms with van der Waals surface area (Å²) in [5, 5.41) is 8.50. The molecule has 1 rings (SSSR count). The van der Waals surface area contributed by atoms with Crippen molar-refractivity contribution in [1.82, 2.24) is 15.1 Å². The van der Waals surface area contributed by atoms with Crippen LogP contribution in [0.4, 0.5) is 0 Å². The van der Waals surface area contributed by atoms with Gasteiger partial charge in [-0.15, -0.1) is 0 Å². The number of hydrogen-bond acceptors (Lipinski definition) is 2. The maximum atomic E-state index is 6.21. The molecule has 1 aromatic rings. The summed E-state index contributed by atoms with van der Waals surface area (Å²) in [4.78, 5) is 0. The van der Waals surface area contributed by atoms with Crippen molar-refractivity contribution in [2.45, 2.75) is 45.6 Å². The molecule has 0 aliphatic carbocycles. The van der Waals surface area contributed by atoms with Gasteiger partial charge in [-0.25, -0.2) is 0 Å². The van der Waals surface area contributed by atoms with E-state index in [-0.39, 0.29) is 0 Å². The second kappa shape index (κ2) is 6.26. The largest absolute Gasteiger partial charge is 0.317 e. The highest BCUT2D eigenvalue weighted by molar-refractivity contribution is 6.31. The average molecular weight is 244 g/mol. The highest BCUT2D eigenvalue weighted by atomic mass is 35.5. The Labute approximate surface area is 103 Å². The van der Waals surface area contributed by atoms with Crippen molar-refractivity contribution in [1.29, 1.82) is 0 Å². The van der Waals surface area contributed by atoms with Gasteiger partial charge >= 0.3 is 0 Å². The third kappa shape index (κ3) is 3.22. The van der Waals surface area contributed by atoms with E-state index in [1.165, 1.54) is 12.8 Å². The van der Waals surface area contributed by atoms with Gasteiger partial charge in [0.05, 0.1) is 16.4 Å². The van der Waals surface area contributed by atoms with Crippen molar-refractivity contribution in [3.63, 3.8) is 0 Å². The van der Waals surface area contributed by atoms with Crippen LogP contribution in [0.2, 0.25) is 5.02 Å². The van der Waals surface area contributed by atoms with Gasteiger partial charge in [0.25, 0.3) is 0 Å². The monoisotopic (exact) mass is 243 g/mol. The molecule has 4 heteroatoms. The van der Waals surface area contributed by atoms with Crippen LogP contribution in [0.15, 0.2) is 0 Å². The minimum absolute atomic E-state index is 0.580. The van der Waals surface area contributed by atoms with Crippen LogP contribution in [-0.4, -0.2) is 22.9 Å². The van der Waals surface area contributed by atoms with Crippen LogP contribution in [0.1, 0.15) is 37.6 Å². The molecule has 0 aromatic carbocycles. The van der Waals surface area contributed by atoms with Crippen LogP contribution in [0, 0.1) is 6.92 Å². The van der Waals surface area contributed by atoms with Gasteiger partial charge in [-0.2, -0.15) is 5.10 Å². The van der Waals surface area contributed by atoms with Crippen molar-refractivity contribution < 1.29 is 0 Å². The molecule has 0 fully saturated rings. The van der Waals surface area contributed by atoms with Crippen molar-refractivity contribution in [2.75, 3.05) is 7.05 Å². The second-order valence-electron chi connectivity index (χ2n) is 4.28. The SMILES string of the molecule is CCCC(CCc1c(Cl)c(C)nn1C)NC. The highest BCUT2D eigenvalue weighted by Gasteiger charge is 2.13. The van der Waals surface area contributed by atoms with E-state index in [0.717, 1.165) is 29.3 Å². The lowest BCUT2D eigenvalue weighted by molar-refractivity contribution is 0.477. The third-order valence-corrected chi connectivity index (χ3v) is 3.53. The third-order valence-electron chi connectivity index (χ3n) is 3.04. The first kappa shape index (κ1) is 13.5. The number of aromatic nitrogens is 2. The molecule has 1 heterocycles. The predicted molar refractivity (Wildman–Crippen MR) is 69.0 cm³/mol. The van der Waals surface area contributed by atoms with Crippen LogP contribution < -0.4 is 5.32 Å². The topological polar surface area (TPSA) is 29.9 Å². The Balaban J connectivity index is 2.59. The number of nitrogens with one attached hydrogen (secondary N) is 1. The molecular weight excluding hydrogens is 222 g/mol.